The molecule has 94 valence electrons. The molecular weight excluding hydrogens is 224 g/mol. The topological polar surface area (TPSA) is 116 Å². The summed E-state index contributed by atoms with van der Waals surface area (Å²) in [6, 6.07) is 1.23. The fraction of sp³-hybridized carbons (Fsp3) is 0.444. The second kappa shape index (κ2) is 5.73. The lowest BCUT2D eigenvalue weighted by Crippen LogP contribution is -2.39. The standard InChI is InChI=1S/C9H16N6O2/c1-15(2)9(17)12-4-3-11-8(16)6-5-7(10)14-13-6/h5H,3-4H2,1-2H3,(H,11,16)(H,12,17)(H3,10,13,14). The Kier molecular flexibility index (Phi) is 4.32. The maximum absolute atomic E-state index is 11.5. The molecule has 8 nitrogen and oxygen atoms in total. The number of hydrogen-bond donors (Lipinski definition) is 4. The number of rotatable bonds is 4. The fourth-order valence-electron chi connectivity index (χ4n) is 1.05. The summed E-state index contributed by atoms with van der Waals surface area (Å²) < 4.78 is 0. The molecule has 0 aromatic carbocycles. The predicted molar refractivity (Wildman–Crippen MR) is 62.4 cm³/mol. The maximum Gasteiger partial charge on any atom is 0.316 e. The largest absolute Gasteiger partial charge is 0.382 e. The number of anilines is 1. The van der Waals surface area contributed by atoms with Crippen LogP contribution >= 0.6 is 0 Å². The second-order valence-corrected chi connectivity index (χ2v) is 3.59. The van der Waals surface area contributed by atoms with E-state index in [1.807, 2.05) is 0 Å². The SMILES string of the molecule is CN(C)C(=O)NCCNC(=O)c1cc(N)n[nH]1. The predicted octanol–water partition coefficient (Wildman–Crippen LogP) is -1.01. The molecule has 0 aliphatic heterocycles. The number of nitrogens with one attached hydrogen (secondary N) is 3. The van der Waals surface area contributed by atoms with Crippen LogP contribution in [0.4, 0.5) is 10.6 Å². The molecule has 0 aliphatic carbocycles. The molecule has 0 saturated heterocycles. The van der Waals surface area contributed by atoms with Crippen molar-refractivity contribution in [2.24, 2.45) is 0 Å². The molecule has 5 N–H and O–H groups in total. The number of carbonyl (C=O) groups is 2. The third kappa shape index (κ3) is 4.01. The zero-order chi connectivity index (χ0) is 12.8. The van der Waals surface area contributed by atoms with Gasteiger partial charge < -0.3 is 21.3 Å². The number of H-pyrrole nitrogens is 1. The Morgan fingerprint density at radius 2 is 2.06 bits per heavy atom. The van der Waals surface area contributed by atoms with Crippen molar-refractivity contribution in [1.29, 1.82) is 0 Å². The number of amides is 3. The molecule has 8 heteroatoms. The summed E-state index contributed by atoms with van der Waals surface area (Å²) in [6.07, 6.45) is 0. The van der Waals surface area contributed by atoms with Crippen LogP contribution in [0.5, 0.6) is 0 Å². The van der Waals surface area contributed by atoms with Crippen molar-refractivity contribution >= 4 is 17.8 Å². The Balaban J connectivity index is 2.23. The minimum absolute atomic E-state index is 0.204. The van der Waals surface area contributed by atoms with Crippen molar-refractivity contribution < 1.29 is 9.59 Å². The molecule has 0 radical (unpaired) electrons. The Labute approximate surface area is 98.5 Å². The van der Waals surface area contributed by atoms with E-state index in [4.69, 9.17) is 5.73 Å². The van der Waals surface area contributed by atoms with Crippen molar-refractivity contribution in [2.45, 2.75) is 0 Å². The molecule has 0 spiro atoms. The Morgan fingerprint density at radius 3 is 2.59 bits per heavy atom. The molecule has 0 aliphatic rings. The van der Waals surface area contributed by atoms with Crippen molar-refractivity contribution in [2.75, 3.05) is 32.9 Å². The number of carbonyl (C=O) groups excluding carboxylic acids is 2. The van der Waals surface area contributed by atoms with E-state index in [9.17, 15) is 9.59 Å². The monoisotopic (exact) mass is 240 g/mol. The van der Waals surface area contributed by atoms with Gasteiger partial charge in [0.05, 0.1) is 0 Å². The minimum Gasteiger partial charge on any atom is -0.382 e. The first-order valence-corrected chi connectivity index (χ1v) is 5.05. The van der Waals surface area contributed by atoms with Gasteiger partial charge in [0.1, 0.15) is 11.5 Å². The van der Waals surface area contributed by atoms with Crippen molar-refractivity contribution in [3.8, 4) is 0 Å². The molecule has 0 atom stereocenters. The number of nitrogens with zero attached hydrogens (tertiary/aromatic N) is 2. The smallest absolute Gasteiger partial charge is 0.316 e. The van der Waals surface area contributed by atoms with Crippen LogP contribution in [0.15, 0.2) is 6.07 Å². The van der Waals surface area contributed by atoms with E-state index in [1.54, 1.807) is 14.1 Å². The maximum atomic E-state index is 11.5. The van der Waals surface area contributed by atoms with Gasteiger partial charge in [-0.05, 0) is 0 Å². The molecule has 3 amide bonds. The molecule has 1 aromatic rings. The van der Waals surface area contributed by atoms with E-state index in [2.05, 4.69) is 20.8 Å². The molecule has 1 heterocycles. The zero-order valence-electron chi connectivity index (χ0n) is 9.78. The molecule has 1 aromatic heterocycles. The van der Waals surface area contributed by atoms with Gasteiger partial charge in [0.2, 0.25) is 0 Å². The lowest BCUT2D eigenvalue weighted by Gasteiger charge is -2.11. The number of nitrogens with two attached hydrogens (primary N) is 1. The van der Waals surface area contributed by atoms with E-state index in [1.165, 1.54) is 11.0 Å². The highest BCUT2D eigenvalue weighted by Gasteiger charge is 2.08. The lowest BCUT2D eigenvalue weighted by atomic mass is 10.4. The number of hydrogen-bond acceptors (Lipinski definition) is 4. The second-order valence-electron chi connectivity index (χ2n) is 3.59. The van der Waals surface area contributed by atoms with Crippen LogP contribution in [-0.4, -0.2) is 54.2 Å². The highest BCUT2D eigenvalue weighted by atomic mass is 16.2. The summed E-state index contributed by atoms with van der Waals surface area (Å²) in [6.45, 7) is 0.684. The van der Waals surface area contributed by atoms with Crippen LogP contribution in [0.2, 0.25) is 0 Å². The molecule has 0 fully saturated rings. The summed E-state index contributed by atoms with van der Waals surface area (Å²) in [5.74, 6) is -0.0515. The van der Waals surface area contributed by atoms with E-state index in [0.29, 0.717) is 18.8 Å². The number of aromatic amines is 1. The summed E-state index contributed by atoms with van der Waals surface area (Å²) in [4.78, 5) is 24.0. The number of aromatic nitrogens is 2. The summed E-state index contributed by atoms with van der Waals surface area (Å²) in [5.41, 5.74) is 5.65. The molecule has 0 bridgehead atoms. The van der Waals surface area contributed by atoms with Gasteiger partial charge in [-0.3, -0.25) is 9.89 Å². The van der Waals surface area contributed by atoms with Crippen LogP contribution in [0, 0.1) is 0 Å². The van der Waals surface area contributed by atoms with E-state index in [-0.39, 0.29) is 17.8 Å². The van der Waals surface area contributed by atoms with Gasteiger partial charge in [0.15, 0.2) is 0 Å². The van der Waals surface area contributed by atoms with Gasteiger partial charge in [-0.15, -0.1) is 0 Å². The number of nitrogen functional groups attached to an aromatic ring is 1. The Hall–Kier alpha value is -2.25. The minimum atomic E-state index is -0.312. The summed E-state index contributed by atoms with van der Waals surface area (Å²) in [7, 11) is 3.28. The third-order valence-electron chi connectivity index (χ3n) is 1.94. The fourth-order valence-corrected chi connectivity index (χ4v) is 1.05. The van der Waals surface area contributed by atoms with Crippen molar-refractivity contribution in [3.63, 3.8) is 0 Å². The third-order valence-corrected chi connectivity index (χ3v) is 1.94. The zero-order valence-corrected chi connectivity index (χ0v) is 9.78. The van der Waals surface area contributed by atoms with Crippen LogP contribution < -0.4 is 16.4 Å². The molecule has 1 rings (SSSR count). The Bertz CT molecular complexity index is 400. The van der Waals surface area contributed by atoms with E-state index >= 15 is 0 Å². The Morgan fingerprint density at radius 1 is 1.41 bits per heavy atom. The molecular formula is C9H16N6O2. The van der Waals surface area contributed by atoms with E-state index < -0.39 is 0 Å². The molecule has 17 heavy (non-hydrogen) atoms. The van der Waals surface area contributed by atoms with Gasteiger partial charge in [-0.1, -0.05) is 0 Å². The normalized spacial score (nSPS) is 9.76. The van der Waals surface area contributed by atoms with Gasteiger partial charge in [0, 0.05) is 33.3 Å². The highest BCUT2D eigenvalue weighted by Crippen LogP contribution is 1.98. The van der Waals surface area contributed by atoms with Gasteiger partial charge >= 0.3 is 6.03 Å². The highest BCUT2D eigenvalue weighted by molar-refractivity contribution is 5.92. The summed E-state index contributed by atoms with van der Waals surface area (Å²) >= 11 is 0. The first kappa shape index (κ1) is 12.8. The van der Waals surface area contributed by atoms with E-state index in [0.717, 1.165) is 0 Å². The quantitative estimate of drug-likeness (QED) is 0.505. The van der Waals surface area contributed by atoms with Crippen LogP contribution in [0.3, 0.4) is 0 Å². The van der Waals surface area contributed by atoms with Gasteiger partial charge in [0.25, 0.3) is 5.91 Å². The number of urea groups is 1. The van der Waals surface area contributed by atoms with Crippen LogP contribution in [0.1, 0.15) is 10.5 Å². The van der Waals surface area contributed by atoms with Gasteiger partial charge in [-0.25, -0.2) is 4.79 Å². The van der Waals surface area contributed by atoms with Crippen molar-refractivity contribution in [1.82, 2.24) is 25.7 Å². The average Bonchev–Trinajstić information content (AvgIpc) is 2.70. The van der Waals surface area contributed by atoms with Crippen LogP contribution in [0.25, 0.3) is 0 Å². The average molecular weight is 240 g/mol. The van der Waals surface area contributed by atoms with Gasteiger partial charge in [-0.2, -0.15) is 5.10 Å². The first-order chi connectivity index (χ1) is 8.00. The molecule has 0 unspecified atom stereocenters. The van der Waals surface area contributed by atoms with Crippen LogP contribution in [-0.2, 0) is 0 Å². The lowest BCUT2D eigenvalue weighted by molar-refractivity contribution is 0.0948. The summed E-state index contributed by atoms with van der Waals surface area (Å²) in [5, 5.41) is 11.3. The van der Waals surface area contributed by atoms with Crippen molar-refractivity contribution in [3.05, 3.63) is 11.8 Å². The first-order valence-electron chi connectivity index (χ1n) is 5.05. The molecule has 0 saturated carbocycles.